The van der Waals surface area contributed by atoms with Gasteiger partial charge >= 0.3 is 0 Å². The van der Waals surface area contributed by atoms with Gasteiger partial charge in [-0.15, -0.1) is 10.2 Å². The van der Waals surface area contributed by atoms with Crippen LogP contribution in [0.2, 0.25) is 0 Å². The van der Waals surface area contributed by atoms with Crippen LogP contribution in [0, 0.1) is 0 Å². The molecule has 0 amide bonds. The van der Waals surface area contributed by atoms with Crippen molar-refractivity contribution in [3.63, 3.8) is 0 Å². The first-order valence-corrected chi connectivity index (χ1v) is 9.59. The number of hydrogen-bond donors (Lipinski definition) is 2. The molecule has 0 fully saturated rings. The van der Waals surface area contributed by atoms with E-state index in [9.17, 15) is 9.90 Å². The molecule has 2 heterocycles. The normalized spacial score (nSPS) is 12.0. The Morgan fingerprint density at radius 3 is 2.67 bits per heavy atom. The molecule has 7 nitrogen and oxygen atoms in total. The van der Waals surface area contributed by atoms with Crippen molar-refractivity contribution in [3.8, 4) is 11.4 Å². The number of ketones is 1. The van der Waals surface area contributed by atoms with Crippen LogP contribution in [0.15, 0.2) is 53.9 Å². The van der Waals surface area contributed by atoms with Gasteiger partial charge in [-0.05, 0) is 50.2 Å². The van der Waals surface area contributed by atoms with Gasteiger partial charge in [-0.2, -0.15) is 0 Å². The molecule has 1 atom stereocenters. The summed E-state index contributed by atoms with van der Waals surface area (Å²) in [4.78, 5) is 15.4. The SMILES string of the molecule is CCn1c(SCC(O)Nc2ccc(C(C)=O)cc2)nnc1-c1cccnc1. The molecule has 8 heteroatoms. The van der Waals surface area contributed by atoms with Crippen LogP contribution in [-0.2, 0) is 6.54 Å². The van der Waals surface area contributed by atoms with E-state index < -0.39 is 6.23 Å². The number of aromatic nitrogens is 4. The Balaban J connectivity index is 1.62. The van der Waals surface area contributed by atoms with Crippen LogP contribution in [0.4, 0.5) is 5.69 Å². The minimum absolute atomic E-state index is 0.0148. The number of aliphatic hydroxyl groups excluding tert-OH is 1. The predicted molar refractivity (Wildman–Crippen MR) is 106 cm³/mol. The number of nitrogens with zero attached hydrogens (tertiary/aromatic N) is 4. The van der Waals surface area contributed by atoms with Crippen LogP contribution < -0.4 is 5.32 Å². The lowest BCUT2D eigenvalue weighted by molar-refractivity contribution is 0.101. The highest BCUT2D eigenvalue weighted by Gasteiger charge is 2.15. The number of carbonyl (C=O) groups is 1. The number of rotatable bonds is 8. The molecule has 3 rings (SSSR count). The maximum absolute atomic E-state index is 11.3. The molecule has 0 aliphatic heterocycles. The number of nitrogens with one attached hydrogen (secondary N) is 1. The largest absolute Gasteiger partial charge is 0.373 e. The van der Waals surface area contributed by atoms with E-state index in [1.165, 1.54) is 18.7 Å². The van der Waals surface area contributed by atoms with E-state index in [1.54, 1.807) is 36.7 Å². The van der Waals surface area contributed by atoms with Crippen molar-refractivity contribution in [1.29, 1.82) is 0 Å². The molecular formula is C19H21N5O2S. The van der Waals surface area contributed by atoms with Crippen molar-refractivity contribution in [2.45, 2.75) is 31.8 Å². The Kier molecular flexibility index (Phi) is 6.20. The van der Waals surface area contributed by atoms with Gasteiger partial charge in [-0.1, -0.05) is 11.8 Å². The Morgan fingerprint density at radius 1 is 1.26 bits per heavy atom. The van der Waals surface area contributed by atoms with Gasteiger partial charge in [-0.25, -0.2) is 0 Å². The number of pyridine rings is 1. The van der Waals surface area contributed by atoms with E-state index in [4.69, 9.17) is 0 Å². The average molecular weight is 383 g/mol. The molecule has 2 aromatic heterocycles. The molecule has 27 heavy (non-hydrogen) atoms. The zero-order chi connectivity index (χ0) is 19.2. The van der Waals surface area contributed by atoms with Crippen molar-refractivity contribution >= 4 is 23.2 Å². The van der Waals surface area contributed by atoms with Gasteiger partial charge in [-0.3, -0.25) is 9.78 Å². The third-order valence-electron chi connectivity index (χ3n) is 3.95. The molecule has 140 valence electrons. The summed E-state index contributed by atoms with van der Waals surface area (Å²) < 4.78 is 2.00. The van der Waals surface area contributed by atoms with Crippen LogP contribution >= 0.6 is 11.8 Å². The summed E-state index contributed by atoms with van der Waals surface area (Å²) in [6.45, 7) is 4.27. The second-order valence-electron chi connectivity index (χ2n) is 5.90. The summed E-state index contributed by atoms with van der Waals surface area (Å²) >= 11 is 1.42. The van der Waals surface area contributed by atoms with Crippen molar-refractivity contribution in [2.75, 3.05) is 11.1 Å². The van der Waals surface area contributed by atoms with Gasteiger partial charge in [0.15, 0.2) is 16.8 Å². The fourth-order valence-electron chi connectivity index (χ4n) is 2.58. The Bertz CT molecular complexity index is 896. The standard InChI is InChI=1S/C19H21N5O2S/c1-3-24-18(15-5-4-10-20-11-15)22-23-19(24)27-12-17(26)21-16-8-6-14(7-9-16)13(2)25/h4-11,17,21,26H,3,12H2,1-2H3. The van der Waals surface area contributed by atoms with E-state index in [0.717, 1.165) is 28.8 Å². The molecule has 1 unspecified atom stereocenters. The summed E-state index contributed by atoms with van der Waals surface area (Å²) in [5.41, 5.74) is 2.30. The lowest BCUT2D eigenvalue weighted by Gasteiger charge is -2.14. The first-order valence-electron chi connectivity index (χ1n) is 8.60. The third kappa shape index (κ3) is 4.72. The Morgan fingerprint density at radius 2 is 2.04 bits per heavy atom. The van der Waals surface area contributed by atoms with Crippen molar-refractivity contribution < 1.29 is 9.90 Å². The predicted octanol–water partition coefficient (Wildman–Crippen LogP) is 3.09. The number of hydrogen-bond acceptors (Lipinski definition) is 7. The molecule has 3 aromatic rings. The summed E-state index contributed by atoms with van der Waals surface area (Å²) in [6, 6.07) is 10.8. The highest BCUT2D eigenvalue weighted by atomic mass is 32.2. The van der Waals surface area contributed by atoms with Crippen molar-refractivity contribution in [2.24, 2.45) is 0 Å². The second kappa shape index (κ2) is 8.79. The molecule has 0 bridgehead atoms. The second-order valence-corrected chi connectivity index (χ2v) is 6.88. The maximum atomic E-state index is 11.3. The van der Waals surface area contributed by atoms with Gasteiger partial charge in [0.1, 0.15) is 6.23 Å². The maximum Gasteiger partial charge on any atom is 0.191 e. The molecule has 0 radical (unpaired) electrons. The fourth-order valence-corrected chi connectivity index (χ4v) is 3.44. The van der Waals surface area contributed by atoms with Crippen molar-refractivity contribution in [3.05, 3.63) is 54.4 Å². The number of benzene rings is 1. The van der Waals surface area contributed by atoms with Crippen molar-refractivity contribution in [1.82, 2.24) is 19.7 Å². The summed E-state index contributed by atoms with van der Waals surface area (Å²) in [7, 11) is 0. The van der Waals surface area contributed by atoms with Crippen LogP contribution in [-0.4, -0.2) is 42.6 Å². The number of thioether (sulfide) groups is 1. The van der Waals surface area contributed by atoms with Gasteiger partial charge in [0, 0.05) is 41.5 Å². The quantitative estimate of drug-likeness (QED) is 0.351. The van der Waals surface area contributed by atoms with E-state index in [1.807, 2.05) is 23.6 Å². The van der Waals surface area contributed by atoms with Gasteiger partial charge in [0.25, 0.3) is 0 Å². The molecule has 0 saturated carbocycles. The first kappa shape index (κ1) is 19.1. The topological polar surface area (TPSA) is 92.9 Å². The lowest BCUT2D eigenvalue weighted by Crippen LogP contribution is -2.21. The monoisotopic (exact) mass is 383 g/mol. The molecular weight excluding hydrogens is 362 g/mol. The van der Waals surface area contributed by atoms with E-state index in [-0.39, 0.29) is 5.78 Å². The minimum Gasteiger partial charge on any atom is -0.373 e. The van der Waals surface area contributed by atoms with Crippen LogP contribution in [0.1, 0.15) is 24.2 Å². The summed E-state index contributed by atoms with van der Waals surface area (Å²) in [5, 5.41) is 22.5. The number of aliphatic hydroxyl groups is 1. The molecule has 0 saturated heterocycles. The Hall–Kier alpha value is -2.71. The van der Waals surface area contributed by atoms with Gasteiger partial charge in [0.05, 0.1) is 0 Å². The van der Waals surface area contributed by atoms with Crippen LogP contribution in [0.5, 0.6) is 0 Å². The number of Topliss-reactive ketones (excluding diaryl/α,β-unsaturated/α-hetero) is 1. The highest BCUT2D eigenvalue weighted by Crippen LogP contribution is 2.24. The summed E-state index contributed by atoms with van der Waals surface area (Å²) in [6.07, 6.45) is 2.71. The van der Waals surface area contributed by atoms with Crippen LogP contribution in [0.25, 0.3) is 11.4 Å². The molecule has 1 aromatic carbocycles. The number of anilines is 1. The number of carbonyl (C=O) groups excluding carboxylic acids is 1. The smallest absolute Gasteiger partial charge is 0.191 e. The van der Waals surface area contributed by atoms with Gasteiger partial charge < -0.3 is 15.0 Å². The molecule has 0 spiro atoms. The average Bonchev–Trinajstić information content (AvgIpc) is 3.10. The van der Waals surface area contributed by atoms with E-state index in [0.29, 0.717) is 11.3 Å². The highest BCUT2D eigenvalue weighted by molar-refractivity contribution is 7.99. The minimum atomic E-state index is -0.762. The van der Waals surface area contributed by atoms with E-state index in [2.05, 4.69) is 20.5 Å². The van der Waals surface area contributed by atoms with Gasteiger partial charge in [0.2, 0.25) is 0 Å². The zero-order valence-electron chi connectivity index (χ0n) is 15.2. The zero-order valence-corrected chi connectivity index (χ0v) is 16.0. The first-order chi connectivity index (χ1) is 13.1. The third-order valence-corrected chi connectivity index (χ3v) is 4.99. The molecule has 2 N–H and O–H groups in total. The van der Waals surface area contributed by atoms with E-state index >= 15 is 0 Å². The van der Waals surface area contributed by atoms with Crippen LogP contribution in [0.3, 0.4) is 0 Å². The lowest BCUT2D eigenvalue weighted by atomic mass is 10.1. The fraction of sp³-hybridized carbons (Fsp3) is 0.263. The summed E-state index contributed by atoms with van der Waals surface area (Å²) in [5.74, 6) is 1.18. The molecule has 0 aliphatic rings. The Labute approximate surface area is 161 Å². The molecule has 0 aliphatic carbocycles.